The van der Waals surface area contributed by atoms with Gasteiger partial charge in [-0.05, 0) is 37.1 Å². The molecule has 1 aromatic rings. The topological polar surface area (TPSA) is 87.3 Å². The molecule has 1 aliphatic rings. The van der Waals surface area contributed by atoms with E-state index < -0.39 is 10.0 Å². The molecule has 0 bridgehead atoms. The summed E-state index contributed by atoms with van der Waals surface area (Å²) in [6, 6.07) is 6.11. The molecule has 0 aliphatic heterocycles. The van der Waals surface area contributed by atoms with E-state index in [2.05, 4.69) is 21.3 Å². The van der Waals surface area contributed by atoms with Gasteiger partial charge in [-0.2, -0.15) is 0 Å². The Morgan fingerprint density at radius 1 is 1.29 bits per heavy atom. The summed E-state index contributed by atoms with van der Waals surface area (Å²) in [6.07, 6.45) is 6.83. The van der Waals surface area contributed by atoms with E-state index in [4.69, 9.17) is 6.42 Å². The van der Waals surface area contributed by atoms with E-state index >= 15 is 0 Å². The predicted molar refractivity (Wildman–Crippen MR) is 80.1 cm³/mol. The summed E-state index contributed by atoms with van der Waals surface area (Å²) in [5, 5.41) is 5.41. The third kappa shape index (κ3) is 4.86. The minimum Gasteiger partial charge on any atom is -0.325 e. The molecule has 21 heavy (non-hydrogen) atoms. The quantitative estimate of drug-likeness (QED) is 0.499. The van der Waals surface area contributed by atoms with Gasteiger partial charge in [0.25, 0.3) is 0 Å². The third-order valence-electron chi connectivity index (χ3n) is 2.86. The van der Waals surface area contributed by atoms with Crippen molar-refractivity contribution in [3.05, 3.63) is 24.3 Å². The van der Waals surface area contributed by atoms with Crippen LogP contribution in [0.2, 0.25) is 0 Å². The highest BCUT2D eigenvalue weighted by Crippen LogP contribution is 2.22. The molecular formula is C14H17N3O3S. The first-order chi connectivity index (χ1) is 10.0. The summed E-state index contributed by atoms with van der Waals surface area (Å²) in [6.45, 7) is 0.422. The molecule has 1 amide bonds. The van der Waals surface area contributed by atoms with Crippen LogP contribution in [0.15, 0.2) is 29.2 Å². The van der Waals surface area contributed by atoms with Gasteiger partial charge in [0, 0.05) is 11.7 Å². The summed E-state index contributed by atoms with van der Waals surface area (Å²) in [4.78, 5) is 11.7. The number of amides is 1. The van der Waals surface area contributed by atoms with Crippen LogP contribution in [-0.2, 0) is 14.8 Å². The molecule has 1 aromatic carbocycles. The molecule has 7 heteroatoms. The van der Waals surface area contributed by atoms with Crippen LogP contribution in [-0.4, -0.2) is 33.5 Å². The minimum atomic E-state index is -3.46. The predicted octanol–water partition coefficient (Wildman–Crippen LogP) is 0.289. The zero-order chi connectivity index (χ0) is 15.3. The van der Waals surface area contributed by atoms with Crippen LogP contribution in [0.25, 0.3) is 0 Å². The molecule has 0 aromatic heterocycles. The molecule has 0 unspecified atom stereocenters. The van der Waals surface area contributed by atoms with Crippen LogP contribution in [0.5, 0.6) is 0 Å². The maximum absolute atomic E-state index is 12.0. The molecule has 0 atom stereocenters. The molecule has 1 fully saturated rings. The van der Waals surface area contributed by atoms with Gasteiger partial charge in [0.1, 0.15) is 0 Å². The molecule has 112 valence electrons. The van der Waals surface area contributed by atoms with Gasteiger partial charge in [-0.1, -0.05) is 5.92 Å². The Kier molecular flexibility index (Phi) is 4.96. The number of carbonyl (C=O) groups is 1. The molecule has 0 spiro atoms. The van der Waals surface area contributed by atoms with Crippen LogP contribution < -0.4 is 15.4 Å². The molecule has 3 N–H and O–H groups in total. The second-order valence-electron chi connectivity index (χ2n) is 4.78. The van der Waals surface area contributed by atoms with Gasteiger partial charge in [0.2, 0.25) is 15.9 Å². The fourth-order valence-corrected chi connectivity index (χ4v) is 2.96. The molecule has 6 nitrogen and oxygen atoms in total. The zero-order valence-electron chi connectivity index (χ0n) is 11.4. The van der Waals surface area contributed by atoms with E-state index in [0.29, 0.717) is 12.2 Å². The maximum Gasteiger partial charge on any atom is 0.240 e. The standard InChI is InChI=1S/C14H17N3O3S/c1-2-9-15-10-14(18)16-11-5-7-13(8-6-11)21(19,20)17-12-3-4-12/h1,5-8,12,15,17H,3-4,9-10H2,(H,16,18). The minimum absolute atomic E-state index is 0.0663. The lowest BCUT2D eigenvalue weighted by molar-refractivity contribution is -0.115. The van der Waals surface area contributed by atoms with Gasteiger partial charge in [-0.25, -0.2) is 13.1 Å². The normalized spacial score (nSPS) is 14.4. The van der Waals surface area contributed by atoms with E-state index in [9.17, 15) is 13.2 Å². The Morgan fingerprint density at radius 2 is 1.95 bits per heavy atom. The van der Waals surface area contributed by atoms with Gasteiger partial charge < -0.3 is 5.32 Å². The third-order valence-corrected chi connectivity index (χ3v) is 4.40. The van der Waals surface area contributed by atoms with Crippen molar-refractivity contribution in [2.45, 2.75) is 23.8 Å². The van der Waals surface area contributed by atoms with E-state index in [-0.39, 0.29) is 23.4 Å². The van der Waals surface area contributed by atoms with Crippen LogP contribution in [0.3, 0.4) is 0 Å². The Labute approximate surface area is 124 Å². The number of hydrogen-bond donors (Lipinski definition) is 3. The van der Waals surface area contributed by atoms with Crippen molar-refractivity contribution in [3.63, 3.8) is 0 Å². The maximum atomic E-state index is 12.0. The van der Waals surface area contributed by atoms with Crippen LogP contribution in [0.4, 0.5) is 5.69 Å². The molecule has 0 heterocycles. The van der Waals surface area contributed by atoms with Crippen molar-refractivity contribution in [1.29, 1.82) is 0 Å². The number of benzene rings is 1. The number of sulfonamides is 1. The average Bonchev–Trinajstić information content (AvgIpc) is 3.23. The van der Waals surface area contributed by atoms with Crippen LogP contribution >= 0.6 is 0 Å². The fourth-order valence-electron chi connectivity index (χ4n) is 1.66. The monoisotopic (exact) mass is 307 g/mol. The zero-order valence-corrected chi connectivity index (χ0v) is 12.2. The van der Waals surface area contributed by atoms with Gasteiger partial charge in [-0.3, -0.25) is 10.1 Å². The summed E-state index contributed by atoms with van der Waals surface area (Å²) in [5.41, 5.74) is 0.535. The van der Waals surface area contributed by atoms with E-state index in [1.165, 1.54) is 12.1 Å². The summed E-state index contributed by atoms with van der Waals surface area (Å²) in [5.74, 6) is 2.13. The van der Waals surface area contributed by atoms with Crippen molar-refractivity contribution < 1.29 is 13.2 Å². The molecule has 1 saturated carbocycles. The van der Waals surface area contributed by atoms with Crippen molar-refractivity contribution in [1.82, 2.24) is 10.0 Å². The summed E-state index contributed by atoms with van der Waals surface area (Å²) >= 11 is 0. The van der Waals surface area contributed by atoms with Gasteiger partial charge in [0.05, 0.1) is 18.0 Å². The number of nitrogens with one attached hydrogen (secondary N) is 3. The summed E-state index contributed by atoms with van der Waals surface area (Å²) in [7, 11) is -3.46. The van der Waals surface area contributed by atoms with Gasteiger partial charge in [-0.15, -0.1) is 6.42 Å². The first-order valence-corrected chi connectivity index (χ1v) is 8.06. The lowest BCUT2D eigenvalue weighted by Gasteiger charge is -2.08. The average molecular weight is 307 g/mol. The highest BCUT2D eigenvalue weighted by molar-refractivity contribution is 7.89. The molecular weight excluding hydrogens is 290 g/mol. The Bertz CT molecular complexity index is 643. The van der Waals surface area contributed by atoms with Gasteiger partial charge >= 0.3 is 0 Å². The van der Waals surface area contributed by atoms with Crippen molar-refractivity contribution >= 4 is 21.6 Å². The molecule has 2 rings (SSSR count). The second kappa shape index (κ2) is 6.72. The van der Waals surface area contributed by atoms with E-state index in [0.717, 1.165) is 12.8 Å². The fraction of sp³-hybridized carbons (Fsp3) is 0.357. The van der Waals surface area contributed by atoms with E-state index in [1.54, 1.807) is 12.1 Å². The highest BCUT2D eigenvalue weighted by atomic mass is 32.2. The van der Waals surface area contributed by atoms with Crippen molar-refractivity contribution in [2.75, 3.05) is 18.4 Å². The SMILES string of the molecule is C#CCNCC(=O)Nc1ccc(S(=O)(=O)NC2CC2)cc1. The van der Waals surface area contributed by atoms with Crippen LogP contribution in [0.1, 0.15) is 12.8 Å². The van der Waals surface area contributed by atoms with Crippen molar-refractivity contribution in [3.8, 4) is 12.3 Å². The number of anilines is 1. The Balaban J connectivity index is 1.92. The molecule has 0 saturated heterocycles. The van der Waals surface area contributed by atoms with Crippen molar-refractivity contribution in [2.24, 2.45) is 0 Å². The number of terminal acetylenes is 1. The van der Waals surface area contributed by atoms with E-state index in [1.807, 2.05) is 0 Å². The highest BCUT2D eigenvalue weighted by Gasteiger charge is 2.27. The molecule has 1 aliphatic carbocycles. The van der Waals surface area contributed by atoms with Crippen LogP contribution in [0, 0.1) is 12.3 Å². The lowest BCUT2D eigenvalue weighted by Crippen LogP contribution is -2.28. The second-order valence-corrected chi connectivity index (χ2v) is 6.49. The number of carbonyl (C=O) groups excluding carboxylic acids is 1. The first kappa shape index (κ1) is 15.5. The Hall–Kier alpha value is -1.88. The molecule has 0 radical (unpaired) electrons. The number of hydrogen-bond acceptors (Lipinski definition) is 4. The van der Waals surface area contributed by atoms with Gasteiger partial charge in [0.15, 0.2) is 0 Å². The first-order valence-electron chi connectivity index (χ1n) is 6.58. The Morgan fingerprint density at radius 3 is 2.52 bits per heavy atom. The smallest absolute Gasteiger partial charge is 0.240 e. The lowest BCUT2D eigenvalue weighted by atomic mass is 10.3. The number of rotatable bonds is 7. The largest absolute Gasteiger partial charge is 0.325 e. The summed E-state index contributed by atoms with van der Waals surface area (Å²) < 4.78 is 26.5.